The lowest BCUT2D eigenvalue weighted by Crippen LogP contribution is -2.35. The van der Waals surface area contributed by atoms with Gasteiger partial charge in [0.15, 0.2) is 0 Å². The smallest absolute Gasteiger partial charge is 0.241 e. The Morgan fingerprint density at radius 2 is 2.15 bits per heavy atom. The number of hydrogen-bond acceptors (Lipinski definition) is 5. The van der Waals surface area contributed by atoms with Crippen molar-refractivity contribution in [2.75, 3.05) is 13.6 Å². The second kappa shape index (κ2) is 6.03. The maximum absolute atomic E-state index is 9.77. The normalized spacial score (nSPS) is 12.1. The molecule has 5 nitrogen and oxygen atoms in total. The standard InChI is InChI=1S/C14H18BrN3O2/c1-14(2,19)9-18(3)8-12-16-13(17-20-12)10-5-4-6-11(15)7-10/h4-7,19H,8-9H2,1-3H3. The summed E-state index contributed by atoms with van der Waals surface area (Å²) in [4.78, 5) is 6.31. The van der Waals surface area contributed by atoms with E-state index in [1.165, 1.54) is 0 Å². The molecule has 0 saturated heterocycles. The van der Waals surface area contributed by atoms with Crippen LogP contribution in [0.5, 0.6) is 0 Å². The van der Waals surface area contributed by atoms with Gasteiger partial charge in [-0.1, -0.05) is 33.2 Å². The first-order valence-electron chi connectivity index (χ1n) is 6.33. The SMILES string of the molecule is CN(Cc1nc(-c2cccc(Br)c2)no1)CC(C)(C)O. The van der Waals surface area contributed by atoms with Gasteiger partial charge in [0.2, 0.25) is 11.7 Å². The molecule has 0 radical (unpaired) electrons. The van der Waals surface area contributed by atoms with Gasteiger partial charge in [0.05, 0.1) is 12.1 Å². The summed E-state index contributed by atoms with van der Waals surface area (Å²) >= 11 is 3.42. The molecule has 2 rings (SSSR count). The molecular formula is C14H18BrN3O2. The van der Waals surface area contributed by atoms with Crippen LogP contribution in [0, 0.1) is 0 Å². The maximum atomic E-state index is 9.77. The average Bonchev–Trinajstić information content (AvgIpc) is 2.74. The van der Waals surface area contributed by atoms with E-state index in [1.54, 1.807) is 13.8 Å². The number of rotatable bonds is 5. The molecule has 1 heterocycles. The quantitative estimate of drug-likeness (QED) is 0.907. The minimum Gasteiger partial charge on any atom is -0.389 e. The van der Waals surface area contributed by atoms with Crippen molar-refractivity contribution < 1.29 is 9.63 Å². The van der Waals surface area contributed by atoms with Gasteiger partial charge in [-0.15, -0.1) is 0 Å². The summed E-state index contributed by atoms with van der Waals surface area (Å²) in [6, 6.07) is 7.74. The molecule has 0 amide bonds. The number of halogens is 1. The van der Waals surface area contributed by atoms with Gasteiger partial charge in [0, 0.05) is 16.6 Å². The molecule has 0 aliphatic rings. The molecule has 0 aliphatic carbocycles. The molecule has 108 valence electrons. The summed E-state index contributed by atoms with van der Waals surface area (Å²) in [7, 11) is 1.90. The van der Waals surface area contributed by atoms with E-state index in [0.717, 1.165) is 10.0 Å². The Kier molecular flexibility index (Phi) is 4.57. The van der Waals surface area contributed by atoms with Crippen LogP contribution in [0.15, 0.2) is 33.3 Å². The monoisotopic (exact) mass is 339 g/mol. The lowest BCUT2D eigenvalue weighted by molar-refractivity contribution is 0.0397. The zero-order valence-electron chi connectivity index (χ0n) is 11.8. The fraction of sp³-hybridized carbons (Fsp3) is 0.429. The molecule has 0 spiro atoms. The Balaban J connectivity index is 2.06. The Labute approximate surface area is 126 Å². The zero-order valence-corrected chi connectivity index (χ0v) is 13.4. The van der Waals surface area contributed by atoms with E-state index in [2.05, 4.69) is 26.1 Å². The van der Waals surface area contributed by atoms with Gasteiger partial charge in [0.1, 0.15) is 0 Å². The van der Waals surface area contributed by atoms with Crippen LogP contribution in [0.3, 0.4) is 0 Å². The van der Waals surface area contributed by atoms with Crippen LogP contribution >= 0.6 is 15.9 Å². The summed E-state index contributed by atoms with van der Waals surface area (Å²) in [6.07, 6.45) is 0. The van der Waals surface area contributed by atoms with Gasteiger partial charge >= 0.3 is 0 Å². The van der Waals surface area contributed by atoms with Crippen LogP contribution < -0.4 is 0 Å². The van der Waals surface area contributed by atoms with E-state index in [0.29, 0.717) is 24.8 Å². The van der Waals surface area contributed by atoms with Crippen LogP contribution in [0.2, 0.25) is 0 Å². The molecular weight excluding hydrogens is 322 g/mol. The van der Waals surface area contributed by atoms with E-state index in [1.807, 2.05) is 36.2 Å². The summed E-state index contributed by atoms with van der Waals surface area (Å²) in [6.45, 7) is 4.57. The first kappa shape index (κ1) is 15.2. The molecule has 2 aromatic rings. The summed E-state index contributed by atoms with van der Waals surface area (Å²) < 4.78 is 6.22. The second-order valence-electron chi connectivity index (χ2n) is 5.51. The number of benzene rings is 1. The number of likely N-dealkylation sites (N-methyl/N-ethyl adjacent to an activating group) is 1. The lowest BCUT2D eigenvalue weighted by atomic mass is 10.1. The van der Waals surface area contributed by atoms with Crippen molar-refractivity contribution in [2.24, 2.45) is 0 Å². The van der Waals surface area contributed by atoms with Crippen molar-refractivity contribution in [1.82, 2.24) is 15.0 Å². The van der Waals surface area contributed by atoms with Crippen molar-refractivity contribution in [1.29, 1.82) is 0 Å². The topological polar surface area (TPSA) is 62.4 Å². The molecule has 6 heteroatoms. The van der Waals surface area contributed by atoms with Gasteiger partial charge in [-0.05, 0) is 33.0 Å². The number of aliphatic hydroxyl groups is 1. The van der Waals surface area contributed by atoms with E-state index in [4.69, 9.17) is 4.52 Å². The number of hydrogen-bond donors (Lipinski definition) is 1. The first-order valence-corrected chi connectivity index (χ1v) is 7.12. The summed E-state index contributed by atoms with van der Waals surface area (Å²) in [5, 5.41) is 13.7. The first-order chi connectivity index (χ1) is 9.33. The van der Waals surface area contributed by atoms with Crippen LogP contribution in [-0.4, -0.2) is 39.3 Å². The van der Waals surface area contributed by atoms with Crippen LogP contribution in [0.25, 0.3) is 11.4 Å². The molecule has 0 fully saturated rings. The Morgan fingerprint density at radius 3 is 2.80 bits per heavy atom. The van der Waals surface area contributed by atoms with Crippen LogP contribution in [0.1, 0.15) is 19.7 Å². The van der Waals surface area contributed by atoms with Crippen molar-refractivity contribution >= 4 is 15.9 Å². The van der Waals surface area contributed by atoms with E-state index in [-0.39, 0.29) is 0 Å². The molecule has 0 aliphatic heterocycles. The van der Waals surface area contributed by atoms with Crippen molar-refractivity contribution in [2.45, 2.75) is 26.0 Å². The molecule has 0 unspecified atom stereocenters. The molecule has 20 heavy (non-hydrogen) atoms. The van der Waals surface area contributed by atoms with Gasteiger partial charge in [-0.2, -0.15) is 4.98 Å². The van der Waals surface area contributed by atoms with E-state index >= 15 is 0 Å². The number of nitrogens with zero attached hydrogens (tertiary/aromatic N) is 3. The summed E-state index contributed by atoms with van der Waals surface area (Å²) in [5.74, 6) is 1.10. The average molecular weight is 340 g/mol. The van der Waals surface area contributed by atoms with Crippen molar-refractivity contribution in [3.05, 3.63) is 34.6 Å². The lowest BCUT2D eigenvalue weighted by Gasteiger charge is -2.23. The third kappa shape index (κ3) is 4.40. The molecule has 0 bridgehead atoms. The fourth-order valence-electron chi connectivity index (χ4n) is 2.01. The van der Waals surface area contributed by atoms with Crippen molar-refractivity contribution in [3.63, 3.8) is 0 Å². The van der Waals surface area contributed by atoms with Crippen LogP contribution in [-0.2, 0) is 6.54 Å². The largest absolute Gasteiger partial charge is 0.389 e. The van der Waals surface area contributed by atoms with Gasteiger partial charge in [-0.3, -0.25) is 4.90 Å². The highest BCUT2D eigenvalue weighted by Gasteiger charge is 2.18. The molecule has 1 aromatic heterocycles. The minimum absolute atomic E-state index is 0.505. The predicted octanol–water partition coefficient (Wildman–Crippen LogP) is 2.70. The second-order valence-corrected chi connectivity index (χ2v) is 6.42. The highest BCUT2D eigenvalue weighted by Crippen LogP contribution is 2.20. The Hall–Kier alpha value is -1.24. The minimum atomic E-state index is -0.748. The fourth-order valence-corrected chi connectivity index (χ4v) is 2.41. The zero-order chi connectivity index (χ0) is 14.8. The van der Waals surface area contributed by atoms with Gasteiger partial charge in [-0.25, -0.2) is 0 Å². The highest BCUT2D eigenvalue weighted by atomic mass is 79.9. The third-order valence-electron chi connectivity index (χ3n) is 2.61. The van der Waals surface area contributed by atoms with E-state index in [9.17, 15) is 5.11 Å². The Bertz CT molecular complexity index is 578. The van der Waals surface area contributed by atoms with Gasteiger partial charge < -0.3 is 9.63 Å². The molecule has 1 aromatic carbocycles. The predicted molar refractivity (Wildman–Crippen MR) is 80.1 cm³/mol. The van der Waals surface area contributed by atoms with E-state index < -0.39 is 5.60 Å². The number of aromatic nitrogens is 2. The Morgan fingerprint density at radius 1 is 1.40 bits per heavy atom. The van der Waals surface area contributed by atoms with Crippen molar-refractivity contribution in [3.8, 4) is 11.4 Å². The molecule has 0 saturated carbocycles. The van der Waals surface area contributed by atoms with Crippen LogP contribution in [0.4, 0.5) is 0 Å². The summed E-state index contributed by atoms with van der Waals surface area (Å²) in [5.41, 5.74) is 0.154. The maximum Gasteiger partial charge on any atom is 0.241 e. The van der Waals surface area contributed by atoms with Gasteiger partial charge in [0.25, 0.3) is 0 Å². The third-order valence-corrected chi connectivity index (χ3v) is 3.11. The molecule has 1 N–H and O–H groups in total. The highest BCUT2D eigenvalue weighted by molar-refractivity contribution is 9.10. The molecule has 0 atom stereocenters.